The van der Waals surface area contributed by atoms with Gasteiger partial charge in [0, 0.05) is 59.1 Å². The van der Waals surface area contributed by atoms with Gasteiger partial charge in [0.25, 0.3) is 0 Å². The molecular formula is C65H103ClF3N11O11. The molecule has 3 heterocycles. The lowest BCUT2D eigenvalue weighted by Crippen LogP contribution is -2.64. The van der Waals surface area contributed by atoms with Crippen LogP contribution in [-0.2, 0) is 52.7 Å². The zero-order valence-corrected chi connectivity index (χ0v) is 56.1. The summed E-state index contributed by atoms with van der Waals surface area (Å²) in [5.41, 5.74) is -1.46. The Morgan fingerprint density at radius 1 is 0.582 bits per heavy atom. The molecule has 3 saturated heterocycles. The summed E-state index contributed by atoms with van der Waals surface area (Å²) in [6.07, 6.45) is 4.91. The first kappa shape index (κ1) is 72.7. The number of nitrogens with zero attached hydrogens (tertiary/aromatic N) is 6. The molecule has 0 aromatic heterocycles. The van der Waals surface area contributed by atoms with Gasteiger partial charge >= 0.3 is 6.18 Å². The molecule has 0 radical (unpaired) electrons. The molecule has 512 valence electrons. The predicted molar refractivity (Wildman–Crippen MR) is 334 cm³/mol. The van der Waals surface area contributed by atoms with E-state index in [9.17, 15) is 56.3 Å². The van der Waals surface area contributed by atoms with Crippen molar-refractivity contribution in [3.8, 4) is 0 Å². The van der Waals surface area contributed by atoms with Crippen LogP contribution in [0.1, 0.15) is 189 Å². The van der Waals surface area contributed by atoms with Crippen LogP contribution in [0.4, 0.5) is 13.2 Å². The minimum absolute atomic E-state index is 0.0165. The molecule has 7 fully saturated rings. The number of carbonyl (C=O) groups excluding carboxylic acids is 11. The molecule has 4 aliphatic carbocycles. The van der Waals surface area contributed by atoms with Crippen molar-refractivity contribution >= 4 is 76.6 Å². The van der Waals surface area contributed by atoms with Crippen LogP contribution in [0.15, 0.2) is 0 Å². The minimum atomic E-state index is -4.49. The van der Waals surface area contributed by atoms with E-state index in [1.807, 2.05) is 6.92 Å². The van der Waals surface area contributed by atoms with Crippen molar-refractivity contribution in [2.24, 2.45) is 35.5 Å². The highest BCUT2D eigenvalue weighted by Crippen LogP contribution is 2.44. The molecule has 0 aromatic carbocycles. The van der Waals surface area contributed by atoms with Gasteiger partial charge in [-0.2, -0.15) is 13.2 Å². The highest BCUT2D eigenvalue weighted by Gasteiger charge is 2.52. The number of nitrogens with one attached hydrogen (secondary N) is 5. The molecule has 22 nitrogen and oxygen atoms in total. The van der Waals surface area contributed by atoms with E-state index in [4.69, 9.17) is 11.6 Å². The number of rotatable bonds is 8. The SMILES string of the molecule is CC[C@H](C)[C@@H]1NC(=O)[C@H](C)N(C)C(=O)C[C@@H](C)NC(=O)[C@H](C2CCCC2)N(C)C(=O)C2(CCCC2)NC(=O)[C@@H]2CCCN2C(=O)[C@H](CCC2CCC(C(F)(F)F)C(Cl)C2)NC(=O)[C@@H](C)N(C)C(=O)[C@H](CC2CCC(C)CC2)NC(=O)[C@@H]2CCN2C(=O)CN(C)C1=O. The standard InChI is InChI=1S/C65H103ClF3N11O11/c1-11-38(3)53-62(90)75(7)36-52(82)79-32-28-50(79)57(85)72-48(35-43-22-20-37(2)21-23-43)60(88)77(9)41(6)55(83)71-47(27-25-42-24-26-45(46(66)34-42)65(67,68)69)61(89)80-31-16-19-49(80)58(86)74-64(29-14-15-30-64)63(91)78(10)54(44-17-12-13-18-44)59(87)70-39(4)33-51(81)76(8)40(5)56(84)73-53/h37-50,53-54H,11-36H2,1-10H3,(H,70,87)(H,71,83)(H,72,85)(H,73,84)(H,74,86)/t37?,38-,39+,40-,41+,42?,43?,45?,46?,47-,48-,49-,50-,53-,54-/m0/s1. The molecule has 0 aromatic rings. The Balaban J connectivity index is 1.20. The lowest BCUT2D eigenvalue weighted by molar-refractivity contribution is -0.182. The molecule has 13 atom stereocenters. The molecule has 7 rings (SSSR count). The number of alkyl halides is 4. The first-order chi connectivity index (χ1) is 42.9. The highest BCUT2D eigenvalue weighted by molar-refractivity contribution is 6.20. The van der Waals surface area contributed by atoms with Crippen LogP contribution in [0.3, 0.4) is 0 Å². The number of hydrogen-bond acceptors (Lipinski definition) is 11. The van der Waals surface area contributed by atoms with Crippen LogP contribution >= 0.6 is 11.6 Å². The van der Waals surface area contributed by atoms with Crippen LogP contribution in [0.5, 0.6) is 0 Å². The molecule has 5 N–H and O–H groups in total. The summed E-state index contributed by atoms with van der Waals surface area (Å²) in [5, 5.41) is 13.5. The van der Waals surface area contributed by atoms with Gasteiger partial charge in [0.05, 0.1) is 12.5 Å². The number of carbonyl (C=O) groups is 11. The average molecular weight is 1310 g/mol. The van der Waals surface area contributed by atoms with Crippen molar-refractivity contribution in [3.63, 3.8) is 0 Å². The largest absolute Gasteiger partial charge is 0.393 e. The number of amides is 11. The third-order valence-corrected chi connectivity index (χ3v) is 22.2. The predicted octanol–water partition coefficient (Wildman–Crippen LogP) is 5.17. The summed E-state index contributed by atoms with van der Waals surface area (Å²) in [6.45, 7) is 10.3. The summed E-state index contributed by atoms with van der Waals surface area (Å²) in [6, 6.07) is -9.77. The van der Waals surface area contributed by atoms with E-state index in [1.54, 1.807) is 20.9 Å². The van der Waals surface area contributed by atoms with Gasteiger partial charge in [-0.15, -0.1) is 11.6 Å². The molecule has 91 heavy (non-hydrogen) atoms. The second-order valence-corrected chi connectivity index (χ2v) is 28.7. The maximum Gasteiger partial charge on any atom is 0.393 e. The van der Waals surface area contributed by atoms with Gasteiger partial charge in [-0.3, -0.25) is 52.7 Å². The average Bonchev–Trinajstić information content (AvgIpc) is 1.73. The second kappa shape index (κ2) is 31.5. The lowest BCUT2D eigenvalue weighted by Gasteiger charge is -2.42. The minimum Gasteiger partial charge on any atom is -0.351 e. The van der Waals surface area contributed by atoms with E-state index >= 15 is 9.59 Å². The molecule has 1 spiro atoms. The summed E-state index contributed by atoms with van der Waals surface area (Å²) in [4.78, 5) is 168. The van der Waals surface area contributed by atoms with Crippen LogP contribution in [0.2, 0.25) is 0 Å². The summed E-state index contributed by atoms with van der Waals surface area (Å²) < 4.78 is 41.9. The fraction of sp³-hybridized carbons (Fsp3) is 0.831. The second-order valence-electron chi connectivity index (χ2n) is 28.2. The monoisotopic (exact) mass is 1310 g/mol. The van der Waals surface area contributed by atoms with Crippen LogP contribution in [-0.4, -0.2) is 214 Å². The van der Waals surface area contributed by atoms with E-state index in [-0.39, 0.29) is 101 Å². The first-order valence-electron chi connectivity index (χ1n) is 33.8. The Morgan fingerprint density at radius 2 is 1.19 bits per heavy atom. The van der Waals surface area contributed by atoms with E-state index in [0.717, 1.165) is 38.5 Å². The lowest BCUT2D eigenvalue weighted by atomic mass is 9.78. The fourth-order valence-corrected chi connectivity index (χ4v) is 15.6. The third-order valence-electron chi connectivity index (χ3n) is 21.7. The van der Waals surface area contributed by atoms with Gasteiger partial charge in [0.2, 0.25) is 65.0 Å². The van der Waals surface area contributed by atoms with E-state index in [2.05, 4.69) is 33.5 Å². The zero-order valence-electron chi connectivity index (χ0n) is 55.3. The summed E-state index contributed by atoms with van der Waals surface area (Å²) in [7, 11) is 5.83. The van der Waals surface area contributed by atoms with Gasteiger partial charge in [-0.05, 0) is 134 Å². The van der Waals surface area contributed by atoms with Crippen LogP contribution in [0.25, 0.3) is 0 Å². The molecule has 0 bridgehead atoms. The first-order valence-corrected chi connectivity index (χ1v) is 34.2. The van der Waals surface area contributed by atoms with Gasteiger partial charge in [0.15, 0.2) is 0 Å². The number of fused-ring (bicyclic) bond motifs is 2. The smallest absolute Gasteiger partial charge is 0.351 e. The Bertz CT molecular complexity index is 2650. The zero-order chi connectivity index (χ0) is 67.0. The van der Waals surface area contributed by atoms with Crippen molar-refractivity contribution in [1.29, 1.82) is 0 Å². The number of halogens is 4. The normalized spacial score (nSPS) is 34.0. The Labute approximate surface area is 540 Å². The molecule has 26 heteroatoms. The molecule has 7 aliphatic rings. The molecular weight excluding hydrogens is 1200 g/mol. The van der Waals surface area contributed by atoms with Crippen molar-refractivity contribution in [2.45, 2.75) is 261 Å². The number of hydrogen-bond donors (Lipinski definition) is 5. The Hall–Kier alpha value is -5.75. The van der Waals surface area contributed by atoms with Crippen LogP contribution < -0.4 is 26.6 Å². The maximum atomic E-state index is 15.2. The summed E-state index contributed by atoms with van der Waals surface area (Å²) >= 11 is 6.39. The van der Waals surface area contributed by atoms with Gasteiger partial charge in [-0.1, -0.05) is 78.6 Å². The molecule has 3 unspecified atom stereocenters. The van der Waals surface area contributed by atoms with E-state index < -0.39 is 155 Å². The summed E-state index contributed by atoms with van der Waals surface area (Å²) in [5.74, 6) is -8.61. The van der Waals surface area contributed by atoms with E-state index in [1.165, 1.54) is 64.4 Å². The molecule has 4 saturated carbocycles. The van der Waals surface area contributed by atoms with Crippen molar-refractivity contribution in [2.75, 3.05) is 47.8 Å². The fourth-order valence-electron chi connectivity index (χ4n) is 15.1. The number of likely N-dealkylation sites (N-methyl/N-ethyl adjacent to an activating group) is 4. The van der Waals surface area contributed by atoms with Gasteiger partial charge in [-0.25, -0.2) is 0 Å². The van der Waals surface area contributed by atoms with Crippen LogP contribution in [0, 0.1) is 35.5 Å². The van der Waals surface area contributed by atoms with Crippen molar-refractivity contribution in [1.82, 2.24) is 56.0 Å². The molecule has 11 amide bonds. The van der Waals surface area contributed by atoms with E-state index in [0.29, 0.717) is 44.4 Å². The Kier molecular flexibility index (Phi) is 25.1. The molecule has 3 aliphatic heterocycles. The van der Waals surface area contributed by atoms with Gasteiger partial charge in [0.1, 0.15) is 53.9 Å². The maximum absolute atomic E-state index is 15.2. The van der Waals surface area contributed by atoms with Gasteiger partial charge < -0.3 is 56.0 Å². The van der Waals surface area contributed by atoms with Crippen molar-refractivity contribution < 1.29 is 65.9 Å². The van der Waals surface area contributed by atoms with Crippen molar-refractivity contribution in [3.05, 3.63) is 0 Å². The quantitative estimate of drug-likeness (QED) is 0.198. The topological polar surface area (TPSA) is 267 Å². The highest BCUT2D eigenvalue weighted by atomic mass is 35.5. The third kappa shape index (κ3) is 17.5. The Morgan fingerprint density at radius 3 is 1.79 bits per heavy atom.